The number of benzene rings is 1. The Hall–Kier alpha value is -1.59. The number of β-amino-alcohol motifs (C(OH)–C–C–N with tert-alkyl or cyclic N) is 1. The lowest BCUT2D eigenvalue weighted by molar-refractivity contribution is -0.117. The van der Waals surface area contributed by atoms with Crippen LogP contribution in [0.2, 0.25) is 0 Å². The molecule has 1 aliphatic heterocycles. The number of nitrogens with one attached hydrogen (secondary N) is 2. The van der Waals surface area contributed by atoms with Gasteiger partial charge >= 0.3 is 0 Å². The summed E-state index contributed by atoms with van der Waals surface area (Å²) in [5.41, 5.74) is 0.728. The molecule has 2 unspecified atom stereocenters. The monoisotopic (exact) mass is 250 g/mol. The van der Waals surface area contributed by atoms with Crippen LogP contribution in [0.15, 0.2) is 24.3 Å². The second-order valence-electron chi connectivity index (χ2n) is 4.30. The molecule has 1 heterocycles. The first-order valence-corrected chi connectivity index (χ1v) is 6.14. The summed E-state index contributed by atoms with van der Waals surface area (Å²) in [7, 11) is 0. The van der Waals surface area contributed by atoms with Crippen molar-refractivity contribution >= 4 is 11.6 Å². The van der Waals surface area contributed by atoms with Gasteiger partial charge in [0.05, 0.1) is 18.8 Å². The Morgan fingerprint density at radius 3 is 2.78 bits per heavy atom. The Morgan fingerprint density at radius 2 is 2.22 bits per heavy atom. The van der Waals surface area contributed by atoms with Gasteiger partial charge in [0, 0.05) is 12.2 Å². The van der Waals surface area contributed by atoms with Crippen LogP contribution in [0.25, 0.3) is 0 Å². The predicted octanol–water partition coefficient (Wildman–Crippen LogP) is 0.747. The van der Waals surface area contributed by atoms with Crippen LogP contribution in [-0.2, 0) is 4.79 Å². The van der Waals surface area contributed by atoms with Crippen molar-refractivity contribution in [3.05, 3.63) is 24.3 Å². The molecule has 0 aromatic heterocycles. The van der Waals surface area contributed by atoms with Crippen LogP contribution in [0.4, 0.5) is 5.69 Å². The summed E-state index contributed by atoms with van der Waals surface area (Å²) in [5.74, 6) is 0.667. The molecule has 1 aromatic rings. The van der Waals surface area contributed by atoms with Crippen molar-refractivity contribution < 1.29 is 14.6 Å². The Balaban J connectivity index is 1.90. The maximum atomic E-state index is 11.9. The van der Waals surface area contributed by atoms with Crippen molar-refractivity contribution in [1.82, 2.24) is 5.32 Å². The molecular formula is C13H18N2O3. The molecule has 1 amide bonds. The molecule has 0 bridgehead atoms. The van der Waals surface area contributed by atoms with E-state index in [-0.39, 0.29) is 11.9 Å². The third-order valence-corrected chi connectivity index (χ3v) is 2.86. The molecule has 0 aliphatic carbocycles. The van der Waals surface area contributed by atoms with E-state index in [1.165, 1.54) is 0 Å². The lowest BCUT2D eigenvalue weighted by Crippen LogP contribution is -2.35. The number of rotatable bonds is 4. The highest BCUT2D eigenvalue weighted by molar-refractivity contribution is 5.95. The van der Waals surface area contributed by atoms with E-state index in [4.69, 9.17) is 4.74 Å². The number of aliphatic hydroxyl groups is 1. The molecule has 1 saturated heterocycles. The van der Waals surface area contributed by atoms with E-state index >= 15 is 0 Å². The Bertz CT molecular complexity index is 405. The topological polar surface area (TPSA) is 70.6 Å². The van der Waals surface area contributed by atoms with Gasteiger partial charge < -0.3 is 20.5 Å². The van der Waals surface area contributed by atoms with Crippen molar-refractivity contribution in [2.45, 2.75) is 25.5 Å². The van der Waals surface area contributed by atoms with Crippen molar-refractivity contribution in [2.24, 2.45) is 0 Å². The lowest BCUT2D eigenvalue weighted by Gasteiger charge is -2.11. The van der Waals surface area contributed by atoms with Crippen molar-refractivity contribution in [3.8, 4) is 5.75 Å². The van der Waals surface area contributed by atoms with Crippen LogP contribution in [-0.4, -0.2) is 36.3 Å². The SMILES string of the molecule is CCOc1ccc(NC(=O)C2CC(O)CN2)cc1. The van der Waals surface area contributed by atoms with Gasteiger partial charge in [-0.2, -0.15) is 0 Å². The zero-order valence-electron chi connectivity index (χ0n) is 10.3. The van der Waals surface area contributed by atoms with E-state index in [2.05, 4.69) is 10.6 Å². The van der Waals surface area contributed by atoms with Crippen LogP contribution in [0, 0.1) is 0 Å². The van der Waals surface area contributed by atoms with Gasteiger partial charge in [-0.05, 0) is 37.6 Å². The first-order chi connectivity index (χ1) is 8.69. The molecule has 1 aromatic carbocycles. The average Bonchev–Trinajstić information content (AvgIpc) is 2.79. The first kappa shape index (κ1) is 12.9. The van der Waals surface area contributed by atoms with E-state index in [1.54, 1.807) is 12.1 Å². The highest BCUT2D eigenvalue weighted by Crippen LogP contribution is 2.16. The Kier molecular flexibility index (Phi) is 4.17. The summed E-state index contributed by atoms with van der Waals surface area (Å²) in [5, 5.41) is 15.1. The van der Waals surface area contributed by atoms with Crippen molar-refractivity contribution in [2.75, 3.05) is 18.5 Å². The molecule has 2 rings (SSSR count). The molecule has 5 heteroatoms. The minimum Gasteiger partial charge on any atom is -0.494 e. The second kappa shape index (κ2) is 5.84. The number of hydrogen-bond acceptors (Lipinski definition) is 4. The van der Waals surface area contributed by atoms with Crippen LogP contribution < -0.4 is 15.4 Å². The highest BCUT2D eigenvalue weighted by atomic mass is 16.5. The summed E-state index contributed by atoms with van der Waals surface area (Å²) in [6, 6.07) is 6.92. The lowest BCUT2D eigenvalue weighted by atomic mass is 10.2. The van der Waals surface area contributed by atoms with E-state index in [1.807, 2.05) is 19.1 Å². The second-order valence-corrected chi connectivity index (χ2v) is 4.30. The zero-order chi connectivity index (χ0) is 13.0. The maximum Gasteiger partial charge on any atom is 0.241 e. The molecule has 1 fully saturated rings. The maximum absolute atomic E-state index is 11.9. The number of carbonyl (C=O) groups excluding carboxylic acids is 1. The van der Waals surface area contributed by atoms with E-state index < -0.39 is 6.10 Å². The third-order valence-electron chi connectivity index (χ3n) is 2.86. The summed E-state index contributed by atoms with van der Waals surface area (Å²) in [6.45, 7) is 3.02. The molecule has 2 atom stereocenters. The number of amides is 1. The number of carbonyl (C=O) groups is 1. The summed E-state index contributed by atoms with van der Waals surface area (Å²) >= 11 is 0. The molecular weight excluding hydrogens is 232 g/mol. The van der Waals surface area contributed by atoms with Gasteiger partial charge in [0.15, 0.2) is 0 Å². The molecule has 18 heavy (non-hydrogen) atoms. The van der Waals surface area contributed by atoms with Crippen LogP contribution >= 0.6 is 0 Å². The van der Waals surface area contributed by atoms with Gasteiger partial charge in [-0.15, -0.1) is 0 Å². The van der Waals surface area contributed by atoms with E-state index in [9.17, 15) is 9.90 Å². The number of aliphatic hydroxyl groups excluding tert-OH is 1. The van der Waals surface area contributed by atoms with E-state index in [0.29, 0.717) is 19.6 Å². The van der Waals surface area contributed by atoms with Gasteiger partial charge in [0.25, 0.3) is 0 Å². The summed E-state index contributed by atoms with van der Waals surface area (Å²) < 4.78 is 5.32. The van der Waals surface area contributed by atoms with Crippen LogP contribution in [0.1, 0.15) is 13.3 Å². The Labute approximate surface area is 106 Å². The fraction of sp³-hybridized carbons (Fsp3) is 0.462. The van der Waals surface area contributed by atoms with Gasteiger partial charge in [0.1, 0.15) is 5.75 Å². The standard InChI is InChI=1S/C13H18N2O3/c1-2-18-11-5-3-9(4-6-11)15-13(17)12-7-10(16)8-14-12/h3-6,10,12,14,16H,2,7-8H2,1H3,(H,15,17). The molecule has 98 valence electrons. The largest absolute Gasteiger partial charge is 0.494 e. The predicted molar refractivity (Wildman–Crippen MR) is 68.7 cm³/mol. The van der Waals surface area contributed by atoms with E-state index in [0.717, 1.165) is 11.4 Å². The minimum atomic E-state index is -0.430. The molecule has 3 N–H and O–H groups in total. The normalized spacial score (nSPS) is 22.8. The molecule has 0 radical (unpaired) electrons. The van der Waals surface area contributed by atoms with Gasteiger partial charge in [-0.1, -0.05) is 0 Å². The quantitative estimate of drug-likeness (QED) is 0.737. The van der Waals surface area contributed by atoms with Crippen LogP contribution in [0.5, 0.6) is 5.75 Å². The minimum absolute atomic E-state index is 0.115. The van der Waals surface area contributed by atoms with Crippen molar-refractivity contribution in [1.29, 1.82) is 0 Å². The fourth-order valence-electron chi connectivity index (χ4n) is 1.95. The molecule has 1 aliphatic rings. The summed E-state index contributed by atoms with van der Waals surface area (Å²) in [6.07, 6.45) is 0.0316. The number of ether oxygens (including phenoxy) is 1. The average molecular weight is 250 g/mol. The molecule has 0 spiro atoms. The highest BCUT2D eigenvalue weighted by Gasteiger charge is 2.27. The number of anilines is 1. The third kappa shape index (κ3) is 3.21. The smallest absolute Gasteiger partial charge is 0.241 e. The van der Waals surface area contributed by atoms with Gasteiger partial charge in [-0.25, -0.2) is 0 Å². The van der Waals surface area contributed by atoms with Gasteiger partial charge in [-0.3, -0.25) is 4.79 Å². The van der Waals surface area contributed by atoms with Crippen molar-refractivity contribution in [3.63, 3.8) is 0 Å². The molecule has 0 saturated carbocycles. The molecule has 5 nitrogen and oxygen atoms in total. The zero-order valence-corrected chi connectivity index (χ0v) is 10.3. The van der Waals surface area contributed by atoms with Crippen LogP contribution in [0.3, 0.4) is 0 Å². The van der Waals surface area contributed by atoms with Gasteiger partial charge in [0.2, 0.25) is 5.91 Å². The fourth-order valence-corrected chi connectivity index (χ4v) is 1.95. The first-order valence-electron chi connectivity index (χ1n) is 6.14. The Morgan fingerprint density at radius 1 is 1.50 bits per heavy atom. The number of hydrogen-bond donors (Lipinski definition) is 3. The summed E-state index contributed by atoms with van der Waals surface area (Å²) in [4.78, 5) is 11.9.